The van der Waals surface area contributed by atoms with Crippen molar-refractivity contribution in [2.24, 2.45) is 10.4 Å². The van der Waals surface area contributed by atoms with Crippen LogP contribution >= 0.6 is 0 Å². The third-order valence-electron chi connectivity index (χ3n) is 7.30. The first kappa shape index (κ1) is 23.6. The lowest BCUT2D eigenvalue weighted by atomic mass is 10.1. The molecule has 0 radical (unpaired) electrons. The van der Waals surface area contributed by atoms with Crippen molar-refractivity contribution in [3.63, 3.8) is 0 Å². The standard InChI is InChI=1S/C28H40N4O/c1-6-15-31(16-7-2)25-10-9-11-26-22(25)14-17-32(26)24(8-3)23-18-28(23,4)20-30(5)27-13-12-21(33)19-29-27/h9-13H,6-8,14-20H2,1-5H3/b24-23+. The van der Waals surface area contributed by atoms with Crippen LogP contribution in [0.3, 0.4) is 0 Å². The quantitative estimate of drug-likeness (QED) is 0.519. The van der Waals surface area contributed by atoms with Gasteiger partial charge in [-0.3, -0.25) is 9.79 Å². The highest BCUT2D eigenvalue weighted by molar-refractivity contribution is 6.05. The molecular weight excluding hydrogens is 408 g/mol. The van der Waals surface area contributed by atoms with E-state index >= 15 is 0 Å². The van der Waals surface area contributed by atoms with Crippen LogP contribution in [-0.4, -0.2) is 56.3 Å². The van der Waals surface area contributed by atoms with Crippen molar-refractivity contribution in [2.45, 2.75) is 59.8 Å². The van der Waals surface area contributed by atoms with Crippen molar-refractivity contribution < 1.29 is 4.79 Å². The molecule has 3 aliphatic rings. The second-order valence-corrected chi connectivity index (χ2v) is 10.0. The second-order valence-electron chi connectivity index (χ2n) is 10.0. The Morgan fingerprint density at radius 2 is 1.91 bits per heavy atom. The van der Waals surface area contributed by atoms with Crippen LogP contribution in [0.4, 0.5) is 11.4 Å². The Kier molecular flexibility index (Phi) is 6.96. The highest BCUT2D eigenvalue weighted by Gasteiger charge is 2.48. The average molecular weight is 449 g/mol. The number of hydrogen-bond acceptors (Lipinski definition) is 5. The number of nitrogens with zero attached hydrogens (tertiary/aromatic N) is 4. The van der Waals surface area contributed by atoms with Gasteiger partial charge >= 0.3 is 0 Å². The summed E-state index contributed by atoms with van der Waals surface area (Å²) in [6.45, 7) is 13.8. The predicted octanol–water partition coefficient (Wildman–Crippen LogP) is 5.22. The van der Waals surface area contributed by atoms with Gasteiger partial charge in [0.15, 0.2) is 5.78 Å². The maximum Gasteiger partial charge on any atom is 0.177 e. The summed E-state index contributed by atoms with van der Waals surface area (Å²) < 4.78 is 0. The zero-order valence-corrected chi connectivity index (χ0v) is 21.2. The fraction of sp³-hybridized carbons (Fsp3) is 0.571. The number of carbonyl (C=O) groups is 1. The third-order valence-corrected chi connectivity index (χ3v) is 7.30. The third kappa shape index (κ3) is 4.73. The Morgan fingerprint density at radius 3 is 2.55 bits per heavy atom. The number of benzene rings is 1. The number of hydrogen-bond donors (Lipinski definition) is 0. The molecule has 5 nitrogen and oxygen atoms in total. The molecular formula is C28H40N4O. The monoisotopic (exact) mass is 448 g/mol. The average Bonchev–Trinajstić information content (AvgIpc) is 3.25. The van der Waals surface area contributed by atoms with Crippen LogP contribution in [0.2, 0.25) is 0 Å². The van der Waals surface area contributed by atoms with Gasteiger partial charge in [-0.1, -0.05) is 33.8 Å². The van der Waals surface area contributed by atoms with E-state index in [1.165, 1.54) is 35.5 Å². The van der Waals surface area contributed by atoms with E-state index in [1.807, 2.05) is 6.08 Å². The molecule has 4 rings (SSSR count). The normalized spacial score (nSPS) is 22.9. The van der Waals surface area contributed by atoms with E-state index in [2.05, 4.69) is 72.6 Å². The summed E-state index contributed by atoms with van der Waals surface area (Å²) in [6.07, 6.45) is 9.19. The van der Waals surface area contributed by atoms with Crippen LogP contribution in [0, 0.1) is 5.41 Å². The van der Waals surface area contributed by atoms with Gasteiger partial charge in [-0.2, -0.15) is 0 Å². The Balaban J connectivity index is 1.56. The van der Waals surface area contributed by atoms with Gasteiger partial charge in [0.2, 0.25) is 0 Å². The van der Waals surface area contributed by atoms with Gasteiger partial charge < -0.3 is 14.7 Å². The molecule has 1 aromatic carbocycles. The lowest BCUT2D eigenvalue weighted by Gasteiger charge is -2.28. The zero-order valence-electron chi connectivity index (χ0n) is 21.2. The van der Waals surface area contributed by atoms with Gasteiger partial charge in [-0.05, 0) is 62.0 Å². The Morgan fingerprint density at radius 1 is 1.15 bits per heavy atom. The van der Waals surface area contributed by atoms with E-state index in [9.17, 15) is 4.79 Å². The summed E-state index contributed by atoms with van der Waals surface area (Å²) in [7, 11) is 2.10. The summed E-state index contributed by atoms with van der Waals surface area (Å²) in [5, 5.41) is 0. The molecule has 0 spiro atoms. The number of rotatable bonds is 9. The summed E-state index contributed by atoms with van der Waals surface area (Å²) in [5.74, 6) is 1.00. The summed E-state index contributed by atoms with van der Waals surface area (Å²) >= 11 is 0. The molecule has 178 valence electrons. The van der Waals surface area contributed by atoms with Crippen LogP contribution in [0.5, 0.6) is 0 Å². The van der Waals surface area contributed by atoms with Crippen molar-refractivity contribution in [3.05, 3.63) is 47.2 Å². The lowest BCUT2D eigenvalue weighted by Crippen LogP contribution is -2.33. The van der Waals surface area contributed by atoms with E-state index in [4.69, 9.17) is 0 Å². The van der Waals surface area contributed by atoms with Gasteiger partial charge in [0.05, 0.1) is 0 Å². The molecule has 0 N–H and O–H groups in total. The Labute approximate surface area is 199 Å². The minimum Gasteiger partial charge on any atom is -0.371 e. The fourth-order valence-electron chi connectivity index (χ4n) is 5.68. The van der Waals surface area contributed by atoms with Crippen molar-refractivity contribution in [2.75, 3.05) is 49.6 Å². The van der Waals surface area contributed by atoms with E-state index in [0.717, 1.165) is 51.3 Å². The molecule has 0 bridgehead atoms. The number of anilines is 2. The first-order valence-corrected chi connectivity index (χ1v) is 12.7. The van der Waals surface area contributed by atoms with Crippen molar-refractivity contribution in [1.29, 1.82) is 0 Å². The smallest absolute Gasteiger partial charge is 0.177 e. The van der Waals surface area contributed by atoms with Crippen molar-refractivity contribution in [1.82, 2.24) is 4.90 Å². The molecule has 5 heteroatoms. The topological polar surface area (TPSA) is 39.1 Å². The van der Waals surface area contributed by atoms with Crippen LogP contribution in [0.1, 0.15) is 58.9 Å². The highest BCUT2D eigenvalue weighted by atomic mass is 16.1. The van der Waals surface area contributed by atoms with Crippen LogP contribution < -0.4 is 9.80 Å². The molecule has 0 amide bonds. The summed E-state index contributed by atoms with van der Waals surface area (Å²) in [6, 6.07) is 6.89. The number of aliphatic imine (C=N–C) groups is 1. The first-order chi connectivity index (χ1) is 15.9. The molecule has 1 fully saturated rings. The molecule has 1 atom stereocenters. The molecule has 33 heavy (non-hydrogen) atoms. The summed E-state index contributed by atoms with van der Waals surface area (Å²) in [5.41, 5.74) is 7.65. The molecule has 1 saturated carbocycles. The largest absolute Gasteiger partial charge is 0.371 e. The number of likely N-dealkylation sites (N-methyl/N-ethyl adjacent to an activating group) is 1. The molecule has 1 unspecified atom stereocenters. The number of amidine groups is 1. The SMILES string of the molecule is CCCN(CCC)c1cccc2c1CCN2/C(CC)=C1\CC1(C)CN(C)C1=NCC(=O)C=C1. The Hall–Kier alpha value is -2.56. The molecule has 1 aromatic rings. The number of dihydropyridines is 1. The van der Waals surface area contributed by atoms with Gasteiger partial charge in [0.25, 0.3) is 0 Å². The number of fused-ring (bicyclic) bond motifs is 1. The lowest BCUT2D eigenvalue weighted by molar-refractivity contribution is -0.113. The second kappa shape index (κ2) is 9.74. The zero-order chi connectivity index (χ0) is 23.6. The van der Waals surface area contributed by atoms with E-state index in [0.29, 0.717) is 0 Å². The van der Waals surface area contributed by atoms with Gasteiger partial charge in [-0.25, -0.2) is 0 Å². The maximum absolute atomic E-state index is 11.5. The molecule has 0 aromatic heterocycles. The Bertz CT molecular complexity index is 986. The first-order valence-electron chi connectivity index (χ1n) is 12.7. The van der Waals surface area contributed by atoms with Gasteiger partial charge in [0.1, 0.15) is 12.4 Å². The van der Waals surface area contributed by atoms with Gasteiger partial charge in [-0.15, -0.1) is 0 Å². The number of carbonyl (C=O) groups excluding carboxylic acids is 1. The minimum absolute atomic E-state index is 0.0853. The van der Waals surface area contributed by atoms with E-state index < -0.39 is 0 Å². The van der Waals surface area contributed by atoms with Crippen molar-refractivity contribution >= 4 is 23.0 Å². The molecule has 2 aliphatic heterocycles. The molecule has 0 saturated heterocycles. The molecule has 1 aliphatic carbocycles. The fourth-order valence-corrected chi connectivity index (χ4v) is 5.68. The summed E-state index contributed by atoms with van der Waals surface area (Å²) in [4.78, 5) is 23.3. The minimum atomic E-state index is 0.0853. The number of allylic oxidation sites excluding steroid dienone is 1. The number of ketones is 1. The van der Waals surface area contributed by atoms with Crippen LogP contribution in [0.15, 0.2) is 46.6 Å². The molecule has 2 heterocycles. The van der Waals surface area contributed by atoms with Crippen molar-refractivity contribution in [3.8, 4) is 0 Å². The maximum atomic E-state index is 11.5. The van der Waals surface area contributed by atoms with Crippen LogP contribution in [-0.2, 0) is 11.2 Å². The highest BCUT2D eigenvalue weighted by Crippen LogP contribution is 2.56. The van der Waals surface area contributed by atoms with E-state index in [-0.39, 0.29) is 17.7 Å². The van der Waals surface area contributed by atoms with E-state index in [1.54, 1.807) is 11.6 Å². The van der Waals surface area contributed by atoms with Crippen LogP contribution in [0.25, 0.3) is 0 Å². The predicted molar refractivity (Wildman–Crippen MR) is 139 cm³/mol. The van der Waals surface area contributed by atoms with Gasteiger partial charge in [0, 0.05) is 61.3 Å².